The molecule has 5 rings (SSSR count). The molecule has 2 aliphatic heterocycles. The molecular weight excluding hydrogens is 374 g/mol. The van der Waals surface area contributed by atoms with Gasteiger partial charge in [0.2, 0.25) is 0 Å². The van der Waals surface area contributed by atoms with E-state index in [-0.39, 0.29) is 0 Å². The zero-order chi connectivity index (χ0) is 21.0. The molecule has 172 valence electrons. The Hall–Kier alpha value is 0.0499. The number of rotatable bonds is 0. The number of nitrogens with one attached hydrogen (secondary N) is 1. The van der Waals surface area contributed by atoms with Crippen molar-refractivity contribution in [3.8, 4) is 0 Å². The van der Waals surface area contributed by atoms with Crippen LogP contribution in [0.1, 0.15) is 128 Å². The lowest BCUT2D eigenvalue weighted by molar-refractivity contribution is 0.149. The predicted molar refractivity (Wildman–Crippen MR) is 135 cm³/mol. The van der Waals surface area contributed by atoms with E-state index in [0.29, 0.717) is 12.1 Å². The van der Waals surface area contributed by atoms with Gasteiger partial charge in [-0.25, -0.2) is 0 Å². The van der Waals surface area contributed by atoms with E-state index in [9.17, 15) is 0 Å². The molecule has 1 N–H and O–H groups in total. The van der Waals surface area contributed by atoms with Crippen LogP contribution in [0.15, 0.2) is 0 Å². The van der Waals surface area contributed by atoms with Crippen molar-refractivity contribution in [1.82, 2.24) is 10.1 Å². The van der Waals surface area contributed by atoms with Crippen LogP contribution in [0.4, 0.5) is 0 Å². The highest BCUT2D eigenvalue weighted by Gasteiger charge is 2.57. The van der Waals surface area contributed by atoms with Gasteiger partial charge in [0.1, 0.15) is 0 Å². The molecule has 3 saturated carbocycles. The van der Waals surface area contributed by atoms with Crippen LogP contribution in [-0.2, 0) is 0 Å². The van der Waals surface area contributed by atoms with Crippen molar-refractivity contribution >= 4 is 14.7 Å². The van der Waals surface area contributed by atoms with E-state index in [1.54, 1.807) is 0 Å². The molecule has 2 heterocycles. The molecule has 0 amide bonds. The van der Waals surface area contributed by atoms with Gasteiger partial charge in [-0.3, -0.25) is 0 Å². The van der Waals surface area contributed by atoms with Gasteiger partial charge in [-0.1, -0.05) is 103 Å². The third-order valence-electron chi connectivity index (χ3n) is 10.4. The summed E-state index contributed by atoms with van der Waals surface area (Å²) in [5.41, 5.74) is 0. The third kappa shape index (κ3) is 4.96. The minimum absolute atomic E-state index is 0.635. The van der Waals surface area contributed by atoms with E-state index in [1.165, 1.54) is 128 Å². The summed E-state index contributed by atoms with van der Waals surface area (Å²) in [5, 5.41) is 4.35. The Kier molecular flexibility index (Phi) is 8.09. The largest absolute Gasteiger partial charge is 0.349 e. The summed E-state index contributed by atoms with van der Waals surface area (Å²) in [6.45, 7) is 0.945. The molecule has 2 nitrogen and oxygen atoms in total. The van der Waals surface area contributed by atoms with Gasteiger partial charge in [0.25, 0.3) is 0 Å². The van der Waals surface area contributed by atoms with Crippen molar-refractivity contribution in [3.05, 3.63) is 0 Å². The lowest BCUT2D eigenvalue weighted by Gasteiger charge is -2.61. The van der Waals surface area contributed by atoms with Crippen LogP contribution in [-0.4, -0.2) is 43.7 Å². The summed E-state index contributed by atoms with van der Waals surface area (Å²) < 4.78 is 0. The van der Waals surface area contributed by atoms with Crippen LogP contribution in [0.3, 0.4) is 0 Å². The first kappa shape index (κ1) is 22.8. The second-order valence-corrected chi connectivity index (χ2v) is 12.1. The van der Waals surface area contributed by atoms with Gasteiger partial charge in [-0.05, 0) is 55.2 Å². The number of hydrogen-bond acceptors (Lipinski definition) is 2. The Bertz CT molecular complexity index is 557. The first-order valence-corrected chi connectivity index (χ1v) is 14.6. The van der Waals surface area contributed by atoms with Crippen LogP contribution >= 0.6 is 0 Å². The normalized spacial score (nSPS) is 43.6. The highest BCUT2D eigenvalue weighted by Crippen LogP contribution is 2.55. The number of nitrogens with zero attached hydrogens (tertiary/aromatic N) is 1. The lowest BCUT2D eigenvalue weighted by atomic mass is 9.20. The summed E-state index contributed by atoms with van der Waals surface area (Å²) in [6.07, 6.45) is 28.8. The maximum absolute atomic E-state index is 7.14. The molecule has 7 atom stereocenters. The van der Waals surface area contributed by atoms with Gasteiger partial charge >= 0.3 is 0 Å². The quantitative estimate of drug-likeness (QED) is 0.427. The summed E-state index contributed by atoms with van der Waals surface area (Å²) in [7, 11) is 7.14. The fraction of sp³-hybridized carbons (Fsp3) is 1.00. The fourth-order valence-corrected chi connectivity index (χ4v) is 9.05. The fourth-order valence-electron chi connectivity index (χ4n) is 9.05. The van der Waals surface area contributed by atoms with Crippen LogP contribution in [0.2, 0.25) is 17.5 Å². The van der Waals surface area contributed by atoms with Gasteiger partial charge in [0.15, 0.2) is 14.7 Å². The Morgan fingerprint density at radius 1 is 0.516 bits per heavy atom. The molecule has 5 fully saturated rings. The second-order valence-electron chi connectivity index (χ2n) is 12.1. The molecule has 4 heteroatoms. The van der Waals surface area contributed by atoms with Gasteiger partial charge in [0.05, 0.1) is 0 Å². The van der Waals surface area contributed by atoms with Crippen molar-refractivity contribution in [2.24, 2.45) is 0 Å². The topological polar surface area (TPSA) is 15.3 Å². The predicted octanol–water partition coefficient (Wildman–Crippen LogP) is 6.91. The van der Waals surface area contributed by atoms with Crippen molar-refractivity contribution in [1.29, 1.82) is 0 Å². The molecule has 31 heavy (non-hydrogen) atoms. The average Bonchev–Trinajstić information content (AvgIpc) is 3.03. The van der Waals surface area contributed by atoms with Gasteiger partial charge in [-0.15, -0.1) is 0 Å². The SMILES string of the molecule is [B]N1C2CCCCCCCC2B2C3CCCCCCCC3NC3CCCCCCC1C23. The molecule has 2 radical (unpaired) electrons. The maximum Gasteiger partial charge on any atom is 0.183 e. The Morgan fingerprint density at radius 3 is 1.68 bits per heavy atom. The van der Waals surface area contributed by atoms with Gasteiger partial charge in [-0.2, -0.15) is 0 Å². The lowest BCUT2D eigenvalue weighted by Crippen LogP contribution is -2.68. The van der Waals surface area contributed by atoms with Gasteiger partial charge in [0, 0.05) is 12.1 Å². The van der Waals surface area contributed by atoms with E-state index < -0.39 is 0 Å². The third-order valence-corrected chi connectivity index (χ3v) is 10.4. The highest BCUT2D eigenvalue weighted by molar-refractivity contribution is 6.65. The van der Waals surface area contributed by atoms with E-state index in [1.807, 2.05) is 0 Å². The first-order chi connectivity index (χ1) is 15.3. The Labute approximate surface area is 195 Å². The summed E-state index contributed by atoms with van der Waals surface area (Å²) in [4.78, 5) is 2.49. The number of hydrogen-bond donors (Lipinski definition) is 1. The molecule has 7 unspecified atom stereocenters. The average molecular weight is 422 g/mol. The van der Waals surface area contributed by atoms with E-state index >= 15 is 0 Å². The minimum atomic E-state index is 0.635. The standard InChI is InChI=1S/C27H48B2N2/c28-31-25-19-13-6-2-4-10-16-22(25)29-21-15-9-3-1-5-11-17-23(21)30-24-18-12-7-8-14-20-26(31)27(24)29/h21-27,30H,1-20H2. The zero-order valence-corrected chi connectivity index (χ0v) is 20.3. The minimum Gasteiger partial charge on any atom is -0.349 e. The molecular formula is C27H48B2N2. The van der Waals surface area contributed by atoms with E-state index in [0.717, 1.165) is 36.2 Å². The van der Waals surface area contributed by atoms with Crippen molar-refractivity contribution in [3.63, 3.8) is 0 Å². The van der Waals surface area contributed by atoms with Crippen molar-refractivity contribution < 1.29 is 0 Å². The smallest absolute Gasteiger partial charge is 0.183 e. The van der Waals surface area contributed by atoms with Crippen molar-refractivity contribution in [2.45, 2.75) is 170 Å². The van der Waals surface area contributed by atoms with E-state index in [2.05, 4.69) is 10.1 Å². The van der Waals surface area contributed by atoms with Crippen LogP contribution < -0.4 is 5.32 Å². The molecule has 0 bridgehead atoms. The van der Waals surface area contributed by atoms with E-state index in [4.69, 9.17) is 7.98 Å². The Morgan fingerprint density at radius 2 is 1.00 bits per heavy atom. The van der Waals surface area contributed by atoms with Crippen LogP contribution in [0, 0.1) is 0 Å². The second kappa shape index (κ2) is 11.0. The summed E-state index contributed by atoms with van der Waals surface area (Å²) >= 11 is 0. The summed E-state index contributed by atoms with van der Waals surface area (Å²) in [5.74, 6) is 2.60. The van der Waals surface area contributed by atoms with Crippen LogP contribution in [0.5, 0.6) is 0 Å². The zero-order valence-electron chi connectivity index (χ0n) is 20.3. The Balaban J connectivity index is 1.52. The molecule has 0 aromatic heterocycles. The molecule has 0 aromatic rings. The number of fused-ring (bicyclic) bond motifs is 4. The summed E-state index contributed by atoms with van der Waals surface area (Å²) in [6, 6.07) is 2.83. The molecule has 0 aromatic carbocycles. The molecule has 3 aliphatic carbocycles. The molecule has 2 saturated heterocycles. The monoisotopic (exact) mass is 422 g/mol. The van der Waals surface area contributed by atoms with Gasteiger partial charge < -0.3 is 10.1 Å². The first-order valence-electron chi connectivity index (χ1n) is 14.6. The maximum atomic E-state index is 7.14. The molecule has 5 aliphatic rings. The highest BCUT2D eigenvalue weighted by atomic mass is 15.1. The molecule has 0 spiro atoms. The van der Waals surface area contributed by atoms with Crippen LogP contribution in [0.25, 0.3) is 0 Å². The van der Waals surface area contributed by atoms with Crippen molar-refractivity contribution in [2.75, 3.05) is 0 Å².